The van der Waals surface area contributed by atoms with Crippen LogP contribution in [0.1, 0.15) is 59.2 Å². The van der Waals surface area contributed by atoms with Gasteiger partial charge in [0.1, 0.15) is 17.7 Å². The normalized spacial score (nSPS) is 13.2. The number of fused-ring (bicyclic) bond motifs is 2. The van der Waals surface area contributed by atoms with Crippen LogP contribution in [0, 0.1) is 23.0 Å². The van der Waals surface area contributed by atoms with Gasteiger partial charge in [0.2, 0.25) is 0 Å². The lowest BCUT2D eigenvalue weighted by Crippen LogP contribution is -2.40. The Balaban J connectivity index is 0.000000215. The molecule has 17 nitrogen and oxygen atoms in total. The van der Waals surface area contributed by atoms with E-state index in [0.717, 1.165) is 0 Å². The second-order valence-corrected chi connectivity index (χ2v) is 14.8. The molecule has 19 heteroatoms. The summed E-state index contributed by atoms with van der Waals surface area (Å²) in [5.74, 6) is -1.36. The number of primary amides is 1. The van der Waals surface area contributed by atoms with Gasteiger partial charge in [-0.15, -0.1) is 0 Å². The minimum absolute atomic E-state index is 0. The Morgan fingerprint density at radius 3 is 1.43 bits per heavy atom. The van der Waals surface area contributed by atoms with Crippen LogP contribution in [0.15, 0.2) is 110 Å². The van der Waals surface area contributed by atoms with Crippen LogP contribution >= 0.6 is 0 Å². The fraction of sp³-hybridized carbons (Fsp3) is 0.224. The molecule has 68 heavy (non-hydrogen) atoms. The quantitative estimate of drug-likeness (QED) is 0.170. The van der Waals surface area contributed by atoms with Gasteiger partial charge >= 0.3 is 0 Å². The molecule has 348 valence electrons. The van der Waals surface area contributed by atoms with Gasteiger partial charge in [-0.2, -0.15) is 24.8 Å². The largest absolute Gasteiger partial charge is 0.378 e. The van der Waals surface area contributed by atoms with Crippen LogP contribution in [0.25, 0.3) is 56.0 Å². The molecular formula is C49H48F2N12O5. The Hall–Kier alpha value is -8.34. The van der Waals surface area contributed by atoms with E-state index in [1.807, 2.05) is 0 Å². The summed E-state index contributed by atoms with van der Waals surface area (Å²) in [5, 5.41) is 19.2. The van der Waals surface area contributed by atoms with E-state index in [-0.39, 0.29) is 69.0 Å². The summed E-state index contributed by atoms with van der Waals surface area (Å²) in [7, 11) is 0. The molecule has 0 aliphatic carbocycles. The maximum absolute atomic E-state index is 14.1. The summed E-state index contributed by atoms with van der Waals surface area (Å²) in [4.78, 5) is 58.6. The number of nitrogens with zero attached hydrogens (tertiary/aromatic N) is 11. The molecule has 2 aliphatic rings. The van der Waals surface area contributed by atoms with E-state index in [0.29, 0.717) is 108 Å². The van der Waals surface area contributed by atoms with E-state index >= 15 is 0 Å². The van der Waals surface area contributed by atoms with Crippen LogP contribution in [-0.2, 0) is 9.47 Å². The molecule has 0 spiro atoms. The first-order chi connectivity index (χ1) is 31.7. The van der Waals surface area contributed by atoms with Crippen molar-refractivity contribution in [3.8, 4) is 40.2 Å². The van der Waals surface area contributed by atoms with Gasteiger partial charge < -0.3 is 25.0 Å². The smallest absolute Gasteiger partial charge is 0.269 e. The van der Waals surface area contributed by atoms with Crippen molar-refractivity contribution in [1.82, 2.24) is 49.3 Å². The summed E-state index contributed by atoms with van der Waals surface area (Å²) in [6.45, 7) is 4.05. The third kappa shape index (κ3) is 9.77. The number of nitrogens with two attached hydrogens (primary N) is 1. The van der Waals surface area contributed by atoms with Crippen LogP contribution in [0.4, 0.5) is 8.78 Å². The molecule has 0 bridgehead atoms. The molecule has 0 saturated carbocycles. The third-order valence-corrected chi connectivity index (χ3v) is 10.8. The molecule has 4 aromatic heterocycles. The van der Waals surface area contributed by atoms with E-state index in [2.05, 4.69) is 36.2 Å². The van der Waals surface area contributed by atoms with Crippen LogP contribution in [-0.4, -0.2) is 120 Å². The number of rotatable bonds is 7. The maximum atomic E-state index is 14.1. The van der Waals surface area contributed by atoms with Gasteiger partial charge in [-0.05, 0) is 48.5 Å². The molecule has 4 aromatic carbocycles. The topological polar surface area (TPSA) is 213 Å². The third-order valence-electron chi connectivity index (χ3n) is 10.8. The monoisotopic (exact) mass is 922 g/mol. The fourth-order valence-corrected chi connectivity index (χ4v) is 7.49. The van der Waals surface area contributed by atoms with Gasteiger partial charge in [0.15, 0.2) is 11.4 Å². The van der Waals surface area contributed by atoms with Crippen LogP contribution in [0.2, 0.25) is 0 Å². The standard InChI is InChI=1S/C23H19FN6O3.C23H17FN6O2.3CH4/c24-18-4-2-1-3-16(18)15-12-26-23(27-13-15)30-19-11-14(22(32)29-7-9-33-10-8-29)5-6-17(19)20(28-30)21(25)31;24-19-4-2-1-3-17(19)16-13-26-23(27-14-16)30-21-11-15(5-6-18(21)20(12-25)28-30)22(31)29-7-9-32-10-8-29;;;/h1-6,11-13H,7-10H2,(H2,25,31);1-6,11,13-14H,7-10H2;3*1H4. The number of ether oxygens (including phenoxy) is 2. The first kappa shape index (κ1) is 49.1. The van der Waals surface area contributed by atoms with Crippen molar-refractivity contribution in [1.29, 1.82) is 5.26 Å². The number of carbonyl (C=O) groups excluding carboxylic acids is 3. The summed E-state index contributed by atoms with van der Waals surface area (Å²) >= 11 is 0. The first-order valence-electron chi connectivity index (χ1n) is 20.3. The zero-order valence-electron chi connectivity index (χ0n) is 34.3. The predicted octanol–water partition coefficient (Wildman–Crippen LogP) is 7.07. The lowest BCUT2D eigenvalue weighted by Gasteiger charge is -2.26. The predicted molar refractivity (Wildman–Crippen MR) is 251 cm³/mol. The summed E-state index contributed by atoms with van der Waals surface area (Å²) < 4.78 is 41.6. The average Bonchev–Trinajstić information content (AvgIpc) is 3.93. The highest BCUT2D eigenvalue weighted by Crippen LogP contribution is 2.27. The average molecular weight is 923 g/mol. The Bertz CT molecular complexity index is 3140. The number of morpholine rings is 2. The minimum atomic E-state index is -0.714. The molecule has 3 amide bonds. The van der Waals surface area contributed by atoms with Gasteiger partial charge in [0.25, 0.3) is 29.6 Å². The van der Waals surface area contributed by atoms with Crippen molar-refractivity contribution < 1.29 is 32.6 Å². The first-order valence-corrected chi connectivity index (χ1v) is 20.3. The van der Waals surface area contributed by atoms with Crippen molar-refractivity contribution in [3.05, 3.63) is 144 Å². The van der Waals surface area contributed by atoms with Crippen LogP contribution in [0.5, 0.6) is 0 Å². The van der Waals surface area contributed by atoms with E-state index in [1.165, 1.54) is 46.3 Å². The zero-order chi connectivity index (χ0) is 45.0. The molecule has 0 radical (unpaired) electrons. The van der Waals surface area contributed by atoms with Crippen molar-refractivity contribution in [2.24, 2.45) is 5.73 Å². The number of aromatic nitrogens is 8. The number of hydrogen-bond donors (Lipinski definition) is 1. The number of benzene rings is 4. The van der Waals surface area contributed by atoms with Crippen molar-refractivity contribution in [2.45, 2.75) is 22.3 Å². The molecule has 2 N–H and O–H groups in total. The SMILES string of the molecule is C.C.C.N#Cc1nn(-c2ncc(-c3ccccc3F)cn2)c2cc(C(=O)N3CCOCC3)ccc12.NC(=O)c1nn(-c2ncc(-c3ccccc3F)cn2)c2cc(C(=O)N3CCOCC3)ccc12. The van der Waals surface area contributed by atoms with Crippen LogP contribution in [0.3, 0.4) is 0 Å². The maximum Gasteiger partial charge on any atom is 0.269 e. The van der Waals surface area contributed by atoms with Crippen LogP contribution < -0.4 is 5.73 Å². The number of amides is 3. The molecule has 10 rings (SSSR count). The van der Waals surface area contributed by atoms with E-state index in [1.54, 1.807) is 82.6 Å². The Morgan fingerprint density at radius 2 is 1.00 bits per heavy atom. The van der Waals surface area contributed by atoms with E-state index in [9.17, 15) is 28.4 Å². The number of nitriles is 1. The summed E-state index contributed by atoms with van der Waals surface area (Å²) in [6, 6.07) is 24.8. The number of hydrogen-bond acceptors (Lipinski definition) is 12. The molecule has 8 aromatic rings. The van der Waals surface area contributed by atoms with E-state index in [4.69, 9.17) is 15.2 Å². The molecule has 0 unspecified atom stereocenters. The Morgan fingerprint density at radius 1 is 0.588 bits per heavy atom. The highest BCUT2D eigenvalue weighted by atomic mass is 19.1. The van der Waals surface area contributed by atoms with Gasteiger partial charge in [0, 0.05) is 95.1 Å². The second-order valence-electron chi connectivity index (χ2n) is 14.8. The molecule has 2 fully saturated rings. The Labute approximate surface area is 390 Å². The molecular weight excluding hydrogens is 875 g/mol. The Kier molecular flexibility index (Phi) is 15.4. The molecule has 6 heterocycles. The highest BCUT2D eigenvalue weighted by Gasteiger charge is 2.24. The number of carbonyl (C=O) groups is 3. The lowest BCUT2D eigenvalue weighted by molar-refractivity contribution is 0.0301. The minimum Gasteiger partial charge on any atom is -0.378 e. The van der Waals surface area contributed by atoms with Gasteiger partial charge in [0.05, 0.1) is 37.5 Å². The van der Waals surface area contributed by atoms with Gasteiger partial charge in [-0.25, -0.2) is 28.7 Å². The second kappa shape index (κ2) is 21.3. The number of halogens is 2. The zero-order valence-corrected chi connectivity index (χ0v) is 34.3. The molecule has 2 saturated heterocycles. The van der Waals surface area contributed by atoms with E-state index < -0.39 is 5.91 Å². The highest BCUT2D eigenvalue weighted by molar-refractivity contribution is 6.06. The summed E-state index contributed by atoms with van der Waals surface area (Å²) in [5.41, 5.74) is 9.44. The molecule has 2 aliphatic heterocycles. The summed E-state index contributed by atoms with van der Waals surface area (Å²) in [6.07, 6.45) is 5.95. The van der Waals surface area contributed by atoms with Crippen molar-refractivity contribution >= 4 is 39.5 Å². The van der Waals surface area contributed by atoms with Crippen molar-refractivity contribution in [2.75, 3.05) is 52.6 Å². The van der Waals surface area contributed by atoms with Gasteiger partial charge in [-0.1, -0.05) is 58.7 Å². The van der Waals surface area contributed by atoms with Crippen molar-refractivity contribution in [3.63, 3.8) is 0 Å². The van der Waals surface area contributed by atoms with Gasteiger partial charge in [-0.3, -0.25) is 14.4 Å². The lowest BCUT2D eigenvalue weighted by atomic mass is 10.1. The fourth-order valence-electron chi connectivity index (χ4n) is 7.49. The molecule has 0 atom stereocenters.